The van der Waals surface area contributed by atoms with Crippen LogP contribution in [0.25, 0.3) is 11.0 Å². The van der Waals surface area contributed by atoms with Crippen LogP contribution in [-0.2, 0) is 4.79 Å². The summed E-state index contributed by atoms with van der Waals surface area (Å²) >= 11 is 4.00. The van der Waals surface area contributed by atoms with Gasteiger partial charge in [-0.05, 0) is 38.4 Å². The molecule has 3 aromatic heterocycles. The highest BCUT2D eigenvalue weighted by Crippen LogP contribution is 2.37. The number of alkyl halides is 1. The number of nitrogens with zero attached hydrogens (tertiary/aromatic N) is 5. The van der Waals surface area contributed by atoms with Crippen LogP contribution in [0.2, 0.25) is 0 Å². The predicted molar refractivity (Wildman–Crippen MR) is 121 cm³/mol. The summed E-state index contributed by atoms with van der Waals surface area (Å²) in [5, 5.41) is 16.2. The third-order valence-corrected chi connectivity index (χ3v) is 7.77. The highest BCUT2D eigenvalue weighted by Gasteiger charge is 2.32. The number of hydrogen-bond acceptors (Lipinski definition) is 9. The van der Waals surface area contributed by atoms with E-state index in [1.165, 1.54) is 17.5 Å². The van der Waals surface area contributed by atoms with Crippen molar-refractivity contribution in [1.82, 2.24) is 29.9 Å². The van der Waals surface area contributed by atoms with Gasteiger partial charge in [0.1, 0.15) is 11.1 Å². The summed E-state index contributed by atoms with van der Waals surface area (Å²) in [6.45, 7) is 3.64. The minimum atomic E-state index is -1.15. The molecular formula is C18H22FN7O2S3. The van der Waals surface area contributed by atoms with Gasteiger partial charge >= 0.3 is 0 Å². The van der Waals surface area contributed by atoms with E-state index in [-0.39, 0.29) is 23.3 Å². The molecule has 1 aliphatic rings. The van der Waals surface area contributed by atoms with Crippen LogP contribution in [0.5, 0.6) is 0 Å². The molecule has 0 aromatic carbocycles. The maximum absolute atomic E-state index is 14.2. The molecule has 1 saturated carbocycles. The lowest BCUT2D eigenvalue weighted by Gasteiger charge is -2.31. The number of carbonyl (C=O) groups excluding carboxylic acids is 1. The summed E-state index contributed by atoms with van der Waals surface area (Å²) in [6.07, 6.45) is 3.68. The Bertz CT molecular complexity index is 1130. The van der Waals surface area contributed by atoms with Gasteiger partial charge in [0.05, 0.1) is 18.0 Å². The van der Waals surface area contributed by atoms with Crippen molar-refractivity contribution in [2.45, 2.75) is 60.7 Å². The maximum Gasteiger partial charge on any atom is 0.262 e. The first-order chi connectivity index (χ1) is 14.8. The van der Waals surface area contributed by atoms with Crippen molar-refractivity contribution in [2.24, 2.45) is 0 Å². The van der Waals surface area contributed by atoms with Gasteiger partial charge in [0.25, 0.3) is 5.56 Å². The molecule has 3 aromatic rings. The normalized spacial score (nSPS) is 21.5. The van der Waals surface area contributed by atoms with Gasteiger partial charge in [-0.15, -0.1) is 10.2 Å². The van der Waals surface area contributed by atoms with Crippen molar-refractivity contribution in [2.75, 3.05) is 16.8 Å². The molecular weight excluding hydrogens is 461 g/mol. The molecule has 0 unspecified atom stereocenters. The molecule has 1 aliphatic carbocycles. The minimum Gasteiger partial charge on any atom is -0.301 e. The molecule has 2 N–H and O–H groups in total. The number of amides is 1. The number of rotatable bonds is 7. The number of fused-ring (bicyclic) bond motifs is 1. The average molecular weight is 484 g/mol. The largest absolute Gasteiger partial charge is 0.301 e. The smallest absolute Gasteiger partial charge is 0.262 e. The van der Waals surface area contributed by atoms with Crippen molar-refractivity contribution < 1.29 is 9.18 Å². The number of halogens is 1. The van der Waals surface area contributed by atoms with Gasteiger partial charge in [-0.25, -0.2) is 14.1 Å². The quantitative estimate of drug-likeness (QED) is 0.297. The number of thioether (sulfide) groups is 2. The fourth-order valence-corrected chi connectivity index (χ4v) is 5.75. The first-order valence-corrected chi connectivity index (χ1v) is 12.7. The number of anilines is 1. The lowest BCUT2D eigenvalue weighted by atomic mass is 9.85. The molecule has 0 saturated heterocycles. The second-order valence-corrected chi connectivity index (χ2v) is 10.9. The molecule has 3 heterocycles. The van der Waals surface area contributed by atoms with Crippen molar-refractivity contribution in [3.05, 3.63) is 16.6 Å². The van der Waals surface area contributed by atoms with Gasteiger partial charge in [0.2, 0.25) is 11.0 Å². The molecule has 13 heteroatoms. The van der Waals surface area contributed by atoms with E-state index in [1.54, 1.807) is 23.4 Å². The number of aromatic nitrogens is 6. The van der Waals surface area contributed by atoms with Crippen LogP contribution in [0.1, 0.15) is 45.6 Å². The zero-order valence-corrected chi connectivity index (χ0v) is 19.5. The molecule has 0 aliphatic heterocycles. The van der Waals surface area contributed by atoms with Crippen LogP contribution in [0.4, 0.5) is 9.52 Å². The van der Waals surface area contributed by atoms with E-state index in [0.29, 0.717) is 47.0 Å². The Hall–Kier alpha value is -1.99. The van der Waals surface area contributed by atoms with Gasteiger partial charge in [0, 0.05) is 0 Å². The lowest BCUT2D eigenvalue weighted by Crippen LogP contribution is -2.28. The van der Waals surface area contributed by atoms with Crippen LogP contribution in [-0.4, -0.2) is 53.0 Å². The molecule has 4 rings (SSSR count). The van der Waals surface area contributed by atoms with E-state index in [1.807, 2.05) is 6.92 Å². The third kappa shape index (κ3) is 5.26. The van der Waals surface area contributed by atoms with Crippen molar-refractivity contribution in [1.29, 1.82) is 0 Å². The van der Waals surface area contributed by atoms with E-state index in [9.17, 15) is 14.0 Å². The second-order valence-electron chi connectivity index (χ2n) is 7.49. The van der Waals surface area contributed by atoms with Gasteiger partial charge in [-0.1, -0.05) is 41.8 Å². The van der Waals surface area contributed by atoms with E-state index in [2.05, 4.69) is 30.6 Å². The Labute approximate surface area is 190 Å². The first kappa shape index (κ1) is 22.2. The molecule has 0 bridgehead atoms. The second kappa shape index (κ2) is 9.25. The summed E-state index contributed by atoms with van der Waals surface area (Å²) in [7, 11) is 0. The topological polar surface area (TPSA) is 118 Å². The summed E-state index contributed by atoms with van der Waals surface area (Å²) in [6, 6.07) is 0.00404. The third-order valence-electron chi connectivity index (χ3n) is 5.05. The Kier molecular flexibility index (Phi) is 6.63. The predicted octanol–water partition coefficient (Wildman–Crippen LogP) is 3.66. The monoisotopic (exact) mass is 483 g/mol. The summed E-state index contributed by atoms with van der Waals surface area (Å²) in [5.41, 5.74) is -0.998. The molecule has 0 radical (unpaired) electrons. The van der Waals surface area contributed by atoms with Gasteiger partial charge in [-0.2, -0.15) is 5.10 Å². The molecule has 166 valence electrons. The molecule has 0 spiro atoms. The van der Waals surface area contributed by atoms with E-state index >= 15 is 0 Å². The SMILES string of the molecule is CCSc1nnc(NC(=O)CSc2nc3c(cnn3C3CCC(C)(F)CC3)c(=O)[nH]2)s1. The average Bonchev–Trinajstić information content (AvgIpc) is 3.34. The van der Waals surface area contributed by atoms with E-state index in [4.69, 9.17) is 0 Å². The van der Waals surface area contributed by atoms with Crippen molar-refractivity contribution in [3.63, 3.8) is 0 Å². The van der Waals surface area contributed by atoms with Crippen molar-refractivity contribution in [3.8, 4) is 0 Å². The van der Waals surface area contributed by atoms with Crippen LogP contribution < -0.4 is 10.9 Å². The molecule has 9 nitrogen and oxygen atoms in total. The summed E-state index contributed by atoms with van der Waals surface area (Å²) in [5.74, 6) is 0.673. The molecule has 31 heavy (non-hydrogen) atoms. The fraction of sp³-hybridized carbons (Fsp3) is 0.556. The van der Waals surface area contributed by atoms with Crippen LogP contribution in [0.3, 0.4) is 0 Å². The highest BCUT2D eigenvalue weighted by atomic mass is 32.2. The zero-order chi connectivity index (χ0) is 22.0. The number of aromatic amines is 1. The van der Waals surface area contributed by atoms with Gasteiger partial charge < -0.3 is 4.98 Å². The Morgan fingerprint density at radius 2 is 2.16 bits per heavy atom. The first-order valence-electron chi connectivity index (χ1n) is 9.90. The van der Waals surface area contributed by atoms with E-state index in [0.717, 1.165) is 21.9 Å². The molecule has 1 fully saturated rings. The lowest BCUT2D eigenvalue weighted by molar-refractivity contribution is -0.113. The Morgan fingerprint density at radius 1 is 1.39 bits per heavy atom. The molecule has 1 amide bonds. The number of hydrogen-bond donors (Lipinski definition) is 2. The maximum atomic E-state index is 14.2. The Balaban J connectivity index is 1.44. The number of nitrogens with one attached hydrogen (secondary N) is 2. The van der Waals surface area contributed by atoms with Crippen LogP contribution in [0, 0.1) is 0 Å². The Morgan fingerprint density at radius 3 is 2.90 bits per heavy atom. The van der Waals surface area contributed by atoms with Gasteiger partial charge in [0.15, 0.2) is 15.1 Å². The van der Waals surface area contributed by atoms with Crippen molar-refractivity contribution >= 4 is 56.9 Å². The fourth-order valence-electron chi connectivity index (χ4n) is 3.43. The molecule has 0 atom stereocenters. The standard InChI is InChI=1S/C18H22FN7O2S3/c1-3-29-17-25-24-16(31-17)21-12(27)9-30-15-22-13-11(14(28)23-15)8-20-26(13)10-4-6-18(2,19)7-5-10/h8,10H,3-7,9H2,1-2H3,(H,21,24,27)(H,22,23,28). The van der Waals surface area contributed by atoms with Gasteiger partial charge in [-0.3, -0.25) is 14.9 Å². The zero-order valence-electron chi connectivity index (χ0n) is 17.1. The summed E-state index contributed by atoms with van der Waals surface area (Å²) < 4.78 is 16.7. The number of carbonyl (C=O) groups is 1. The van der Waals surface area contributed by atoms with E-state index < -0.39 is 5.67 Å². The minimum absolute atomic E-state index is 0.00404. The van der Waals surface area contributed by atoms with Crippen LogP contribution >= 0.6 is 34.9 Å². The summed E-state index contributed by atoms with van der Waals surface area (Å²) in [4.78, 5) is 31.9. The number of H-pyrrole nitrogens is 1. The van der Waals surface area contributed by atoms with Crippen LogP contribution in [0.15, 0.2) is 20.5 Å². The highest BCUT2D eigenvalue weighted by molar-refractivity contribution is 8.01.